The zero-order valence-electron chi connectivity index (χ0n) is 11.1. The second-order valence-electron chi connectivity index (χ2n) is 4.53. The number of aromatic nitrogens is 1. The molecule has 0 fully saturated rings. The highest BCUT2D eigenvalue weighted by molar-refractivity contribution is 5.85. The molecule has 7 nitrogen and oxygen atoms in total. The molecule has 7 heteroatoms. The molecule has 0 atom stereocenters. The molecule has 3 rings (SSSR count). The van der Waals surface area contributed by atoms with Gasteiger partial charge in [-0.2, -0.15) is 0 Å². The van der Waals surface area contributed by atoms with E-state index < -0.39 is 4.92 Å². The molecule has 0 saturated carbocycles. The highest BCUT2D eigenvalue weighted by Gasteiger charge is 2.22. The average Bonchev–Trinajstić information content (AvgIpc) is 3.05. The van der Waals surface area contributed by atoms with Crippen LogP contribution in [0.4, 0.5) is 11.8 Å². The number of benzene rings is 1. The minimum atomic E-state index is -0.612. The molecule has 0 aliphatic rings. The van der Waals surface area contributed by atoms with Crippen molar-refractivity contribution in [2.24, 2.45) is 0 Å². The standard InChI is InChI=1S/C14H11N3O4/c1-8-3-2-4-9(7-8)12-13(16-21-14(12)15)10-5-6-11(20-10)17(18)19/h2-7H,15H2,1H3. The molecule has 0 saturated heterocycles. The number of hydrogen-bond acceptors (Lipinski definition) is 6. The van der Waals surface area contributed by atoms with E-state index in [-0.39, 0.29) is 17.5 Å². The Morgan fingerprint density at radius 1 is 1.29 bits per heavy atom. The third kappa shape index (κ3) is 2.25. The van der Waals surface area contributed by atoms with Crippen LogP contribution in [0.2, 0.25) is 0 Å². The van der Waals surface area contributed by atoms with Gasteiger partial charge in [-0.15, -0.1) is 0 Å². The van der Waals surface area contributed by atoms with E-state index in [1.165, 1.54) is 12.1 Å². The van der Waals surface area contributed by atoms with Gasteiger partial charge in [0.15, 0.2) is 11.5 Å². The molecule has 2 heterocycles. The summed E-state index contributed by atoms with van der Waals surface area (Å²) in [7, 11) is 0. The Morgan fingerprint density at radius 3 is 2.76 bits per heavy atom. The van der Waals surface area contributed by atoms with Crippen molar-refractivity contribution in [3.05, 3.63) is 52.1 Å². The number of nitrogens with two attached hydrogens (primary N) is 1. The van der Waals surface area contributed by atoms with Gasteiger partial charge >= 0.3 is 5.88 Å². The van der Waals surface area contributed by atoms with Crippen LogP contribution < -0.4 is 5.73 Å². The van der Waals surface area contributed by atoms with Crippen LogP contribution in [0.15, 0.2) is 45.3 Å². The second-order valence-corrected chi connectivity index (χ2v) is 4.53. The van der Waals surface area contributed by atoms with Gasteiger partial charge in [0.2, 0.25) is 5.88 Å². The van der Waals surface area contributed by atoms with Gasteiger partial charge in [-0.3, -0.25) is 10.1 Å². The van der Waals surface area contributed by atoms with Crippen LogP contribution in [0.1, 0.15) is 5.56 Å². The summed E-state index contributed by atoms with van der Waals surface area (Å²) in [5.74, 6) is 0.00933. The van der Waals surface area contributed by atoms with Gasteiger partial charge in [0.1, 0.15) is 4.92 Å². The first kappa shape index (κ1) is 12.9. The maximum atomic E-state index is 10.7. The SMILES string of the molecule is Cc1cccc(-c2c(-c3ccc([N+](=O)[O-])o3)noc2N)c1. The van der Waals surface area contributed by atoms with Crippen molar-refractivity contribution in [1.29, 1.82) is 0 Å². The number of nitro groups is 1. The fourth-order valence-electron chi connectivity index (χ4n) is 2.10. The van der Waals surface area contributed by atoms with Gasteiger partial charge < -0.3 is 14.7 Å². The number of rotatable bonds is 3. The second kappa shape index (κ2) is 4.78. The van der Waals surface area contributed by atoms with Crippen LogP contribution in [0, 0.1) is 17.0 Å². The first-order valence-corrected chi connectivity index (χ1v) is 6.13. The third-order valence-corrected chi connectivity index (χ3v) is 3.03. The largest absolute Gasteiger partial charge is 0.433 e. The van der Waals surface area contributed by atoms with E-state index in [9.17, 15) is 10.1 Å². The summed E-state index contributed by atoms with van der Waals surface area (Å²) in [4.78, 5) is 10.1. The van der Waals surface area contributed by atoms with E-state index in [0.29, 0.717) is 11.3 Å². The molecule has 0 aliphatic carbocycles. The fourth-order valence-corrected chi connectivity index (χ4v) is 2.10. The molecule has 21 heavy (non-hydrogen) atoms. The lowest BCUT2D eigenvalue weighted by molar-refractivity contribution is -0.401. The summed E-state index contributed by atoms with van der Waals surface area (Å²) in [6, 6.07) is 10.3. The highest BCUT2D eigenvalue weighted by atomic mass is 16.6. The fraction of sp³-hybridized carbons (Fsp3) is 0.0714. The maximum Gasteiger partial charge on any atom is 0.433 e. The van der Waals surface area contributed by atoms with Gasteiger partial charge in [0.25, 0.3) is 0 Å². The smallest absolute Gasteiger partial charge is 0.399 e. The van der Waals surface area contributed by atoms with E-state index in [4.69, 9.17) is 14.7 Å². The number of hydrogen-bond donors (Lipinski definition) is 1. The molecule has 2 N–H and O–H groups in total. The summed E-state index contributed by atoms with van der Waals surface area (Å²) >= 11 is 0. The molecule has 0 unspecified atom stereocenters. The molecular weight excluding hydrogens is 274 g/mol. The molecule has 3 aromatic rings. The van der Waals surface area contributed by atoms with Crippen molar-refractivity contribution in [2.45, 2.75) is 6.92 Å². The first-order chi connectivity index (χ1) is 10.1. The Kier molecular flexibility index (Phi) is 2.94. The predicted molar refractivity (Wildman–Crippen MR) is 75.4 cm³/mol. The summed E-state index contributed by atoms with van der Waals surface area (Å²) in [6.07, 6.45) is 0. The first-order valence-electron chi connectivity index (χ1n) is 6.13. The van der Waals surface area contributed by atoms with Crippen LogP contribution in [-0.4, -0.2) is 10.1 Å². The molecule has 0 spiro atoms. The van der Waals surface area contributed by atoms with E-state index in [0.717, 1.165) is 11.1 Å². The summed E-state index contributed by atoms with van der Waals surface area (Å²) in [5.41, 5.74) is 8.57. The molecule has 106 valence electrons. The number of furan rings is 1. The zero-order chi connectivity index (χ0) is 15.0. The van der Waals surface area contributed by atoms with E-state index in [2.05, 4.69) is 5.16 Å². The highest BCUT2D eigenvalue weighted by Crippen LogP contribution is 2.37. The van der Waals surface area contributed by atoms with Crippen LogP contribution in [0.3, 0.4) is 0 Å². The lowest BCUT2D eigenvalue weighted by Gasteiger charge is -2.01. The van der Waals surface area contributed by atoms with E-state index >= 15 is 0 Å². The summed E-state index contributed by atoms with van der Waals surface area (Å²) in [5, 5.41) is 14.5. The number of nitrogens with zero attached hydrogens (tertiary/aromatic N) is 2. The monoisotopic (exact) mass is 285 g/mol. The summed E-state index contributed by atoms with van der Waals surface area (Å²) < 4.78 is 10.2. The average molecular weight is 285 g/mol. The Balaban J connectivity index is 2.14. The van der Waals surface area contributed by atoms with E-state index in [1.54, 1.807) is 0 Å². The molecule has 1 aromatic carbocycles. The Labute approximate surface area is 119 Å². The lowest BCUT2D eigenvalue weighted by Crippen LogP contribution is -1.88. The Morgan fingerprint density at radius 2 is 2.10 bits per heavy atom. The van der Waals surface area contributed by atoms with Crippen LogP contribution in [0.5, 0.6) is 0 Å². The number of aryl methyl sites for hydroxylation is 1. The van der Waals surface area contributed by atoms with Crippen molar-refractivity contribution in [3.8, 4) is 22.6 Å². The van der Waals surface area contributed by atoms with E-state index in [1.807, 2.05) is 31.2 Å². The van der Waals surface area contributed by atoms with Gasteiger partial charge in [-0.05, 0) is 18.6 Å². The topological polar surface area (TPSA) is 108 Å². The van der Waals surface area contributed by atoms with Crippen LogP contribution in [-0.2, 0) is 0 Å². The van der Waals surface area contributed by atoms with Crippen molar-refractivity contribution in [1.82, 2.24) is 5.16 Å². The molecular formula is C14H11N3O4. The summed E-state index contributed by atoms with van der Waals surface area (Å²) in [6.45, 7) is 1.95. The van der Waals surface area contributed by atoms with Crippen LogP contribution >= 0.6 is 0 Å². The quantitative estimate of drug-likeness (QED) is 0.583. The minimum Gasteiger partial charge on any atom is -0.399 e. The van der Waals surface area contributed by atoms with Gasteiger partial charge in [0, 0.05) is 0 Å². The van der Waals surface area contributed by atoms with Crippen molar-refractivity contribution < 1.29 is 13.9 Å². The third-order valence-electron chi connectivity index (χ3n) is 3.03. The van der Waals surface area contributed by atoms with Gasteiger partial charge in [-0.1, -0.05) is 35.0 Å². The Bertz CT molecular complexity index is 819. The Hall–Kier alpha value is -3.09. The predicted octanol–water partition coefficient (Wildman–Crippen LogP) is 3.40. The molecule has 0 amide bonds. The lowest BCUT2D eigenvalue weighted by atomic mass is 10.0. The van der Waals surface area contributed by atoms with Crippen molar-refractivity contribution in [3.63, 3.8) is 0 Å². The number of anilines is 1. The van der Waals surface area contributed by atoms with Crippen LogP contribution in [0.25, 0.3) is 22.6 Å². The van der Waals surface area contributed by atoms with Crippen molar-refractivity contribution in [2.75, 3.05) is 5.73 Å². The zero-order valence-corrected chi connectivity index (χ0v) is 11.1. The molecule has 0 bridgehead atoms. The van der Waals surface area contributed by atoms with Gasteiger partial charge in [0.05, 0.1) is 11.6 Å². The van der Waals surface area contributed by atoms with Gasteiger partial charge in [-0.25, -0.2) is 0 Å². The van der Waals surface area contributed by atoms with Crippen molar-refractivity contribution >= 4 is 11.8 Å². The molecule has 0 radical (unpaired) electrons. The normalized spacial score (nSPS) is 10.7. The molecule has 0 aliphatic heterocycles. The maximum absolute atomic E-state index is 10.7. The minimum absolute atomic E-state index is 0.134. The molecule has 2 aromatic heterocycles. The number of nitrogen functional groups attached to an aromatic ring is 1.